The number of nitrogens with one attached hydrogen (secondary N) is 4. The Hall–Kier alpha value is -4.00. The van der Waals surface area contributed by atoms with Crippen LogP contribution in [0.5, 0.6) is 0 Å². The number of aliphatic carboxylic acids is 2. The number of carbonyl (C=O) groups excluding carboxylic acids is 1. The number of H-pyrrole nitrogens is 1. The van der Waals surface area contributed by atoms with Gasteiger partial charge in [-0.2, -0.15) is 4.98 Å². The Morgan fingerprint density at radius 1 is 1.26 bits per heavy atom. The fourth-order valence-electron chi connectivity index (χ4n) is 3.42. The van der Waals surface area contributed by atoms with Crippen LogP contribution in [0.4, 0.5) is 23.1 Å². The Labute approximate surface area is 200 Å². The first kappa shape index (κ1) is 26.3. The topological polar surface area (TPSA) is 203 Å². The lowest BCUT2D eigenvalue weighted by Gasteiger charge is -2.35. The minimum absolute atomic E-state index is 0. The number of anilines is 4. The Balaban J connectivity index is 0.00000408. The van der Waals surface area contributed by atoms with Crippen molar-refractivity contribution in [3.63, 3.8) is 0 Å². The van der Waals surface area contributed by atoms with E-state index in [0.29, 0.717) is 24.6 Å². The number of nitrogen functional groups attached to an aromatic ring is 1. The number of amides is 1. The lowest BCUT2D eigenvalue weighted by molar-refractivity contribution is -0.140. The van der Waals surface area contributed by atoms with Crippen LogP contribution in [0.1, 0.15) is 23.2 Å². The number of carboxylic acid groups (broad SMARTS) is 2. The number of aromatic nitrogens is 2. The van der Waals surface area contributed by atoms with Crippen LogP contribution in [0.3, 0.4) is 0 Å². The van der Waals surface area contributed by atoms with Crippen LogP contribution in [0.25, 0.3) is 0 Å². The van der Waals surface area contributed by atoms with E-state index < -0.39 is 23.9 Å². The molecular weight excluding hydrogens is 470 g/mol. The van der Waals surface area contributed by atoms with Gasteiger partial charge in [0.05, 0.1) is 6.04 Å². The zero-order valence-corrected chi connectivity index (χ0v) is 19.0. The van der Waals surface area contributed by atoms with E-state index in [9.17, 15) is 24.3 Å². The molecule has 0 spiro atoms. The van der Waals surface area contributed by atoms with E-state index in [1.807, 2.05) is 4.90 Å². The van der Waals surface area contributed by atoms with Crippen molar-refractivity contribution in [2.45, 2.75) is 24.9 Å². The van der Waals surface area contributed by atoms with Gasteiger partial charge >= 0.3 is 11.9 Å². The smallest absolute Gasteiger partial charge is 0.326 e. The maximum atomic E-state index is 12.3. The Kier molecular flexibility index (Phi) is 8.67. The van der Waals surface area contributed by atoms with Gasteiger partial charge in [-0.1, -0.05) is 0 Å². The predicted molar refractivity (Wildman–Crippen MR) is 128 cm³/mol. The third-order valence-electron chi connectivity index (χ3n) is 5.26. The van der Waals surface area contributed by atoms with Crippen molar-refractivity contribution in [2.75, 3.05) is 41.4 Å². The third kappa shape index (κ3) is 6.28. The van der Waals surface area contributed by atoms with E-state index in [1.54, 1.807) is 19.2 Å². The molecule has 0 saturated carbocycles. The summed E-state index contributed by atoms with van der Waals surface area (Å²) in [4.78, 5) is 54.9. The average Bonchev–Trinajstić information content (AvgIpc) is 2.75. The van der Waals surface area contributed by atoms with Crippen molar-refractivity contribution in [1.82, 2.24) is 15.3 Å². The number of aromatic amines is 1. The zero-order valence-electron chi connectivity index (χ0n) is 18.2. The fourth-order valence-corrected chi connectivity index (χ4v) is 3.42. The molecule has 0 fully saturated rings. The van der Waals surface area contributed by atoms with E-state index in [4.69, 9.17) is 10.8 Å². The first-order valence-electron chi connectivity index (χ1n) is 10.1. The first-order valence-corrected chi connectivity index (χ1v) is 10.1. The second kappa shape index (κ2) is 11.2. The van der Waals surface area contributed by atoms with E-state index in [2.05, 4.69) is 25.9 Å². The van der Waals surface area contributed by atoms with Gasteiger partial charge in [-0.05, 0) is 30.7 Å². The summed E-state index contributed by atoms with van der Waals surface area (Å²) in [5, 5.41) is 26.6. The van der Waals surface area contributed by atoms with Crippen molar-refractivity contribution in [3.05, 3.63) is 40.2 Å². The SMILES string of the molecule is CN1c2c(nc(N)[nH]c2=O)NC[C@@H]1CNc1ccc(C(=O)NC(CCC(=O)O)C(=O)O)cc1.Cl. The minimum Gasteiger partial charge on any atom is -0.481 e. The molecule has 1 aliphatic heterocycles. The van der Waals surface area contributed by atoms with Gasteiger partial charge in [0.2, 0.25) is 5.95 Å². The van der Waals surface area contributed by atoms with Crippen LogP contribution < -0.4 is 32.1 Å². The molecule has 8 N–H and O–H groups in total. The Morgan fingerprint density at radius 3 is 2.56 bits per heavy atom. The predicted octanol–water partition coefficient (Wildman–Crippen LogP) is 0.164. The Bertz CT molecular complexity index is 1110. The number of nitrogens with zero attached hydrogens (tertiary/aromatic N) is 2. The molecule has 184 valence electrons. The van der Waals surface area contributed by atoms with Gasteiger partial charge < -0.3 is 36.8 Å². The molecule has 0 bridgehead atoms. The molecule has 0 radical (unpaired) electrons. The number of benzene rings is 1. The highest BCUT2D eigenvalue weighted by Gasteiger charge is 2.27. The Morgan fingerprint density at radius 2 is 1.94 bits per heavy atom. The van der Waals surface area contributed by atoms with Gasteiger partial charge in [-0.3, -0.25) is 19.4 Å². The number of nitrogens with two attached hydrogens (primary N) is 1. The summed E-state index contributed by atoms with van der Waals surface area (Å²) >= 11 is 0. The van der Waals surface area contributed by atoms with Gasteiger partial charge in [0.25, 0.3) is 11.5 Å². The summed E-state index contributed by atoms with van der Waals surface area (Å²) in [6.07, 6.45) is -0.586. The molecule has 1 aromatic carbocycles. The van der Waals surface area contributed by atoms with E-state index in [-0.39, 0.29) is 48.4 Å². The number of rotatable bonds is 9. The molecule has 2 heterocycles. The highest BCUT2D eigenvalue weighted by Crippen LogP contribution is 2.25. The molecule has 14 heteroatoms. The molecule has 34 heavy (non-hydrogen) atoms. The quantitative estimate of drug-likeness (QED) is 0.249. The molecule has 1 unspecified atom stereocenters. The summed E-state index contributed by atoms with van der Waals surface area (Å²) in [6, 6.07) is 5.03. The van der Waals surface area contributed by atoms with Crippen molar-refractivity contribution >= 4 is 53.4 Å². The summed E-state index contributed by atoms with van der Waals surface area (Å²) in [7, 11) is 1.79. The van der Waals surface area contributed by atoms with Crippen molar-refractivity contribution in [2.24, 2.45) is 0 Å². The van der Waals surface area contributed by atoms with Gasteiger partial charge in [0.1, 0.15) is 11.7 Å². The lowest BCUT2D eigenvalue weighted by Crippen LogP contribution is -2.48. The summed E-state index contributed by atoms with van der Waals surface area (Å²) in [5.74, 6) is -2.59. The number of likely N-dealkylation sites (N-methyl/N-ethyl adjacent to an activating group) is 1. The lowest BCUT2D eigenvalue weighted by atomic mass is 10.1. The maximum Gasteiger partial charge on any atom is 0.326 e. The van der Waals surface area contributed by atoms with Crippen LogP contribution >= 0.6 is 12.4 Å². The first-order chi connectivity index (χ1) is 15.7. The third-order valence-corrected chi connectivity index (χ3v) is 5.26. The molecule has 1 aliphatic rings. The molecular formula is C20H26ClN7O6. The highest BCUT2D eigenvalue weighted by molar-refractivity contribution is 5.97. The van der Waals surface area contributed by atoms with E-state index >= 15 is 0 Å². The van der Waals surface area contributed by atoms with Gasteiger partial charge in [-0.15, -0.1) is 12.4 Å². The van der Waals surface area contributed by atoms with Gasteiger partial charge in [0.15, 0.2) is 5.82 Å². The van der Waals surface area contributed by atoms with Gasteiger partial charge in [-0.25, -0.2) is 4.79 Å². The second-order valence-electron chi connectivity index (χ2n) is 7.55. The summed E-state index contributed by atoms with van der Waals surface area (Å²) in [5.41, 5.74) is 6.59. The molecule has 0 saturated heterocycles. The number of carbonyl (C=O) groups is 3. The molecule has 0 aliphatic carbocycles. The number of carboxylic acids is 2. The second-order valence-corrected chi connectivity index (χ2v) is 7.55. The normalized spacial score (nSPS) is 15.2. The van der Waals surface area contributed by atoms with E-state index in [0.717, 1.165) is 5.69 Å². The van der Waals surface area contributed by atoms with Crippen LogP contribution in [-0.4, -0.2) is 70.2 Å². The van der Waals surface area contributed by atoms with Crippen LogP contribution in [0.15, 0.2) is 29.1 Å². The molecule has 3 rings (SSSR count). The highest BCUT2D eigenvalue weighted by atomic mass is 35.5. The molecule has 13 nitrogen and oxygen atoms in total. The largest absolute Gasteiger partial charge is 0.481 e. The van der Waals surface area contributed by atoms with E-state index in [1.165, 1.54) is 12.1 Å². The zero-order chi connectivity index (χ0) is 24.1. The number of halogens is 1. The summed E-state index contributed by atoms with van der Waals surface area (Å²) in [6.45, 7) is 1.01. The number of fused-ring (bicyclic) bond motifs is 1. The van der Waals surface area contributed by atoms with Crippen molar-refractivity contribution in [3.8, 4) is 0 Å². The standard InChI is InChI=1S/C20H25N7O6.ClH/c1-27-12(9-23-16-15(27)18(31)26-20(21)25-16)8-22-11-4-2-10(3-5-11)17(30)24-13(19(32)33)6-7-14(28)29;/h2-5,12-13,22H,6-9H2,1H3,(H,24,30)(H,28,29)(H,32,33)(H4,21,23,25,26,31);1H/t12-,13?;/m0./s1. The minimum atomic E-state index is -1.30. The molecule has 2 aromatic rings. The average molecular weight is 496 g/mol. The molecule has 2 atom stereocenters. The van der Waals surface area contributed by atoms with Crippen molar-refractivity contribution in [1.29, 1.82) is 0 Å². The monoisotopic (exact) mass is 495 g/mol. The van der Waals surface area contributed by atoms with Gasteiger partial charge in [0, 0.05) is 37.8 Å². The maximum absolute atomic E-state index is 12.3. The van der Waals surface area contributed by atoms with Crippen LogP contribution in [0.2, 0.25) is 0 Å². The van der Waals surface area contributed by atoms with Crippen LogP contribution in [-0.2, 0) is 9.59 Å². The fraction of sp³-hybridized carbons (Fsp3) is 0.350. The molecule has 1 aromatic heterocycles. The van der Waals surface area contributed by atoms with Crippen molar-refractivity contribution < 1.29 is 24.6 Å². The number of hydrogen-bond acceptors (Lipinski definition) is 9. The van der Waals surface area contributed by atoms with Crippen LogP contribution in [0, 0.1) is 0 Å². The summed E-state index contributed by atoms with van der Waals surface area (Å²) < 4.78 is 0. The molecule has 1 amide bonds. The number of hydrogen-bond donors (Lipinski definition) is 7.